The normalized spacial score (nSPS) is 22.6. The molecule has 18 heavy (non-hydrogen) atoms. The maximum Gasteiger partial charge on any atom is 0.0710 e. The maximum absolute atomic E-state index is 6.01. The smallest absolute Gasteiger partial charge is 0.0710 e. The molecule has 1 aliphatic heterocycles. The summed E-state index contributed by atoms with van der Waals surface area (Å²) >= 11 is 0. The van der Waals surface area contributed by atoms with Crippen LogP contribution >= 0.6 is 0 Å². The lowest BCUT2D eigenvalue weighted by molar-refractivity contribution is -0.0266. The minimum Gasteiger partial charge on any atom is -0.398 e. The van der Waals surface area contributed by atoms with E-state index in [1.54, 1.807) is 0 Å². The Morgan fingerprint density at radius 2 is 2.11 bits per heavy atom. The number of nitrogens with zero attached hydrogens (tertiary/aromatic N) is 1. The van der Waals surface area contributed by atoms with Crippen LogP contribution in [0.15, 0.2) is 24.3 Å². The van der Waals surface area contributed by atoms with Gasteiger partial charge in [-0.1, -0.05) is 18.2 Å². The van der Waals surface area contributed by atoms with E-state index in [0.717, 1.165) is 31.6 Å². The Labute approximate surface area is 110 Å². The van der Waals surface area contributed by atoms with Gasteiger partial charge in [-0.15, -0.1) is 0 Å². The lowest BCUT2D eigenvalue weighted by Gasteiger charge is -2.24. The molecule has 1 saturated heterocycles. The summed E-state index contributed by atoms with van der Waals surface area (Å²) in [4.78, 5) is 2.29. The van der Waals surface area contributed by atoms with Crippen LogP contribution in [0.25, 0.3) is 0 Å². The van der Waals surface area contributed by atoms with Crippen LogP contribution in [-0.4, -0.2) is 30.2 Å². The standard InChI is InChI=1S/C15H24N2O/c1-15(2)9-8-13(18-15)11-17(3)10-12-6-4-5-7-14(12)16/h4-7,13H,8-11,16H2,1-3H3. The van der Waals surface area contributed by atoms with Crippen LogP contribution in [0.3, 0.4) is 0 Å². The Balaban J connectivity index is 1.86. The molecule has 0 radical (unpaired) electrons. The summed E-state index contributed by atoms with van der Waals surface area (Å²) < 4.78 is 6.01. The fraction of sp³-hybridized carbons (Fsp3) is 0.600. The molecule has 1 aromatic carbocycles. The molecule has 0 bridgehead atoms. The minimum absolute atomic E-state index is 0.0529. The van der Waals surface area contributed by atoms with Crippen molar-refractivity contribution in [3.8, 4) is 0 Å². The van der Waals surface area contributed by atoms with Crippen LogP contribution in [0, 0.1) is 0 Å². The Morgan fingerprint density at radius 3 is 2.72 bits per heavy atom. The number of rotatable bonds is 4. The largest absolute Gasteiger partial charge is 0.398 e. The molecule has 0 aromatic heterocycles. The number of nitrogen functional groups attached to an aromatic ring is 1. The molecule has 2 N–H and O–H groups in total. The van der Waals surface area contributed by atoms with Gasteiger partial charge in [0.1, 0.15) is 0 Å². The SMILES string of the molecule is CN(Cc1ccccc1N)CC1CCC(C)(C)O1. The van der Waals surface area contributed by atoms with E-state index in [1.165, 1.54) is 5.56 Å². The van der Waals surface area contributed by atoms with Gasteiger partial charge in [0, 0.05) is 18.8 Å². The highest BCUT2D eigenvalue weighted by atomic mass is 16.5. The summed E-state index contributed by atoms with van der Waals surface area (Å²) in [6.45, 7) is 6.19. The van der Waals surface area contributed by atoms with E-state index < -0.39 is 0 Å². The van der Waals surface area contributed by atoms with Gasteiger partial charge in [-0.3, -0.25) is 4.90 Å². The molecule has 3 nitrogen and oxygen atoms in total. The number of hydrogen-bond donors (Lipinski definition) is 1. The lowest BCUT2D eigenvalue weighted by Crippen LogP contribution is -2.31. The predicted octanol–water partition coefficient (Wildman–Crippen LogP) is 2.66. The second-order valence-corrected chi connectivity index (χ2v) is 5.93. The third-order valence-electron chi connectivity index (χ3n) is 3.56. The van der Waals surface area contributed by atoms with Crippen molar-refractivity contribution in [2.45, 2.75) is 44.9 Å². The average molecular weight is 248 g/mol. The van der Waals surface area contributed by atoms with Crippen LogP contribution in [0.4, 0.5) is 5.69 Å². The molecule has 100 valence electrons. The Bertz CT molecular complexity index is 403. The van der Waals surface area contributed by atoms with E-state index in [0.29, 0.717) is 6.10 Å². The number of anilines is 1. The summed E-state index contributed by atoms with van der Waals surface area (Å²) in [5.74, 6) is 0. The van der Waals surface area contributed by atoms with E-state index in [1.807, 2.05) is 18.2 Å². The molecule has 1 fully saturated rings. The Kier molecular flexibility index (Phi) is 3.93. The second kappa shape index (κ2) is 5.29. The third-order valence-corrected chi connectivity index (χ3v) is 3.56. The topological polar surface area (TPSA) is 38.5 Å². The predicted molar refractivity (Wildman–Crippen MR) is 75.4 cm³/mol. The van der Waals surface area contributed by atoms with Crippen LogP contribution < -0.4 is 5.73 Å². The Morgan fingerprint density at radius 1 is 1.39 bits per heavy atom. The number of likely N-dealkylation sites (N-methyl/N-ethyl adjacent to an activating group) is 1. The van der Waals surface area contributed by atoms with Gasteiger partial charge in [-0.2, -0.15) is 0 Å². The van der Waals surface area contributed by atoms with Crippen molar-refractivity contribution in [3.05, 3.63) is 29.8 Å². The monoisotopic (exact) mass is 248 g/mol. The van der Waals surface area contributed by atoms with Crippen molar-refractivity contribution >= 4 is 5.69 Å². The van der Waals surface area contributed by atoms with Gasteiger partial charge in [-0.25, -0.2) is 0 Å². The molecule has 1 atom stereocenters. The fourth-order valence-electron chi connectivity index (χ4n) is 2.59. The molecule has 0 aliphatic carbocycles. The zero-order valence-corrected chi connectivity index (χ0v) is 11.6. The van der Waals surface area contributed by atoms with Crippen LogP contribution in [-0.2, 0) is 11.3 Å². The van der Waals surface area contributed by atoms with E-state index in [2.05, 4.69) is 31.9 Å². The van der Waals surface area contributed by atoms with Gasteiger partial charge in [0.05, 0.1) is 11.7 Å². The summed E-state index contributed by atoms with van der Waals surface area (Å²) in [7, 11) is 2.13. The third kappa shape index (κ3) is 3.47. The highest BCUT2D eigenvalue weighted by Crippen LogP contribution is 2.29. The lowest BCUT2D eigenvalue weighted by atomic mass is 10.1. The fourth-order valence-corrected chi connectivity index (χ4v) is 2.59. The molecule has 2 rings (SSSR count). The molecule has 1 aromatic rings. The van der Waals surface area contributed by atoms with Crippen LogP contribution in [0.2, 0.25) is 0 Å². The first-order valence-electron chi connectivity index (χ1n) is 6.66. The molecule has 0 spiro atoms. The molecule has 1 aliphatic rings. The van der Waals surface area contributed by atoms with Gasteiger partial charge in [0.15, 0.2) is 0 Å². The number of nitrogens with two attached hydrogens (primary N) is 1. The van der Waals surface area contributed by atoms with E-state index in [-0.39, 0.29) is 5.60 Å². The van der Waals surface area contributed by atoms with E-state index in [4.69, 9.17) is 10.5 Å². The van der Waals surface area contributed by atoms with Gasteiger partial charge >= 0.3 is 0 Å². The minimum atomic E-state index is 0.0529. The summed E-state index contributed by atoms with van der Waals surface area (Å²) in [5, 5.41) is 0. The quantitative estimate of drug-likeness (QED) is 0.833. The van der Waals surface area contributed by atoms with Crippen molar-refractivity contribution < 1.29 is 4.74 Å². The van der Waals surface area contributed by atoms with Gasteiger partial charge < -0.3 is 10.5 Å². The molecule has 1 heterocycles. The first kappa shape index (κ1) is 13.4. The van der Waals surface area contributed by atoms with Crippen molar-refractivity contribution in [2.75, 3.05) is 19.3 Å². The van der Waals surface area contributed by atoms with Crippen molar-refractivity contribution in [3.63, 3.8) is 0 Å². The van der Waals surface area contributed by atoms with Crippen LogP contribution in [0.1, 0.15) is 32.3 Å². The summed E-state index contributed by atoms with van der Waals surface area (Å²) in [6, 6.07) is 8.06. The molecular weight excluding hydrogens is 224 g/mol. The van der Waals surface area contributed by atoms with E-state index in [9.17, 15) is 0 Å². The summed E-state index contributed by atoms with van der Waals surface area (Å²) in [6.07, 6.45) is 2.66. The highest BCUT2D eigenvalue weighted by molar-refractivity contribution is 5.46. The molecule has 3 heteroatoms. The van der Waals surface area contributed by atoms with Gasteiger partial charge in [-0.05, 0) is 45.4 Å². The molecule has 0 saturated carbocycles. The highest BCUT2D eigenvalue weighted by Gasteiger charge is 2.31. The van der Waals surface area contributed by atoms with Crippen molar-refractivity contribution in [1.29, 1.82) is 0 Å². The molecule has 1 unspecified atom stereocenters. The van der Waals surface area contributed by atoms with Crippen molar-refractivity contribution in [2.24, 2.45) is 0 Å². The van der Waals surface area contributed by atoms with E-state index >= 15 is 0 Å². The maximum atomic E-state index is 6.01. The zero-order chi connectivity index (χ0) is 13.2. The first-order valence-corrected chi connectivity index (χ1v) is 6.66. The Hall–Kier alpha value is -1.06. The number of benzene rings is 1. The second-order valence-electron chi connectivity index (χ2n) is 5.93. The summed E-state index contributed by atoms with van der Waals surface area (Å²) in [5.41, 5.74) is 8.08. The average Bonchev–Trinajstić information content (AvgIpc) is 2.61. The van der Waals surface area contributed by atoms with Crippen LogP contribution in [0.5, 0.6) is 0 Å². The number of para-hydroxylation sites is 1. The van der Waals surface area contributed by atoms with Gasteiger partial charge in [0.25, 0.3) is 0 Å². The number of hydrogen-bond acceptors (Lipinski definition) is 3. The molecule has 0 amide bonds. The molecular formula is C15H24N2O. The zero-order valence-electron chi connectivity index (χ0n) is 11.6. The van der Waals surface area contributed by atoms with Crippen molar-refractivity contribution in [1.82, 2.24) is 4.90 Å². The number of ether oxygens (including phenoxy) is 1. The van der Waals surface area contributed by atoms with Gasteiger partial charge in [0.2, 0.25) is 0 Å². The first-order chi connectivity index (χ1) is 8.46.